The largest absolute Gasteiger partial charge is 0.507 e. The summed E-state index contributed by atoms with van der Waals surface area (Å²) in [4.78, 5) is 0. The maximum Gasteiger partial charge on any atom is 0.122 e. The monoisotopic (exact) mass is 227 g/mol. The zero-order chi connectivity index (χ0) is 11.7. The van der Waals surface area contributed by atoms with Crippen molar-refractivity contribution in [2.75, 3.05) is 6.54 Å². The molecule has 0 amide bonds. The van der Waals surface area contributed by atoms with Gasteiger partial charge in [0.25, 0.3) is 0 Å². The highest BCUT2D eigenvalue weighted by atomic mass is 35.5. The van der Waals surface area contributed by atoms with Gasteiger partial charge in [-0.05, 0) is 49.9 Å². The molecule has 3 heteroatoms. The van der Waals surface area contributed by atoms with Crippen LogP contribution in [0.15, 0.2) is 0 Å². The third-order valence-corrected chi connectivity index (χ3v) is 3.65. The Morgan fingerprint density at radius 2 is 1.73 bits per heavy atom. The van der Waals surface area contributed by atoms with Crippen LogP contribution in [-0.2, 0) is 0 Å². The smallest absolute Gasteiger partial charge is 0.122 e. The number of halogens is 1. The van der Waals surface area contributed by atoms with E-state index in [4.69, 9.17) is 17.3 Å². The van der Waals surface area contributed by atoms with Gasteiger partial charge in [0, 0.05) is 10.6 Å². The molecule has 0 saturated heterocycles. The molecule has 84 valence electrons. The molecule has 1 unspecified atom stereocenters. The van der Waals surface area contributed by atoms with Crippen LogP contribution in [0.5, 0.6) is 5.75 Å². The van der Waals surface area contributed by atoms with E-state index in [0.717, 1.165) is 27.3 Å². The number of hydrogen-bond donors (Lipinski definition) is 2. The number of benzene rings is 1. The van der Waals surface area contributed by atoms with Crippen molar-refractivity contribution in [3.8, 4) is 5.75 Å². The van der Waals surface area contributed by atoms with Gasteiger partial charge < -0.3 is 10.8 Å². The van der Waals surface area contributed by atoms with E-state index in [1.807, 2.05) is 27.7 Å². The van der Waals surface area contributed by atoms with Gasteiger partial charge in [0.1, 0.15) is 5.75 Å². The lowest BCUT2D eigenvalue weighted by Gasteiger charge is -2.19. The van der Waals surface area contributed by atoms with Crippen LogP contribution in [0.25, 0.3) is 0 Å². The molecule has 0 aliphatic rings. The minimum absolute atomic E-state index is 0.127. The lowest BCUT2D eigenvalue weighted by molar-refractivity contribution is 0.457. The molecule has 0 aliphatic heterocycles. The van der Waals surface area contributed by atoms with Crippen LogP contribution in [0, 0.1) is 20.8 Å². The summed E-state index contributed by atoms with van der Waals surface area (Å²) in [5.74, 6) is 0.467. The van der Waals surface area contributed by atoms with E-state index in [-0.39, 0.29) is 5.92 Å². The molecule has 2 nitrogen and oxygen atoms in total. The summed E-state index contributed by atoms with van der Waals surface area (Å²) in [6.45, 7) is 8.22. The van der Waals surface area contributed by atoms with Crippen LogP contribution in [0.2, 0.25) is 5.02 Å². The van der Waals surface area contributed by atoms with Crippen molar-refractivity contribution in [1.82, 2.24) is 0 Å². The van der Waals surface area contributed by atoms with E-state index >= 15 is 0 Å². The van der Waals surface area contributed by atoms with Gasteiger partial charge in [0.2, 0.25) is 0 Å². The van der Waals surface area contributed by atoms with Gasteiger partial charge in [-0.3, -0.25) is 0 Å². The van der Waals surface area contributed by atoms with E-state index in [0.29, 0.717) is 12.3 Å². The molecule has 0 aliphatic carbocycles. The average Bonchev–Trinajstić information content (AvgIpc) is 2.23. The van der Waals surface area contributed by atoms with Crippen molar-refractivity contribution in [3.63, 3.8) is 0 Å². The average molecular weight is 228 g/mol. The second-order valence-electron chi connectivity index (χ2n) is 4.09. The summed E-state index contributed by atoms with van der Waals surface area (Å²) < 4.78 is 0. The lowest BCUT2D eigenvalue weighted by Crippen LogP contribution is -2.11. The minimum atomic E-state index is 0.127. The second-order valence-corrected chi connectivity index (χ2v) is 4.47. The Morgan fingerprint density at radius 3 is 2.20 bits per heavy atom. The Balaban J connectivity index is 3.52. The number of nitrogens with two attached hydrogens (primary N) is 1. The summed E-state index contributed by atoms with van der Waals surface area (Å²) in [5, 5.41) is 10.8. The number of aromatic hydroxyl groups is 1. The molecule has 3 N–H and O–H groups in total. The first-order valence-electron chi connectivity index (χ1n) is 5.10. The standard InChI is InChI=1S/C12H18ClNO/c1-6(5-14)10-9(4)11(13)7(2)8(3)12(10)15/h6,15H,5,14H2,1-4H3. The van der Waals surface area contributed by atoms with Crippen LogP contribution < -0.4 is 5.73 Å². The Kier molecular flexibility index (Phi) is 3.63. The van der Waals surface area contributed by atoms with E-state index < -0.39 is 0 Å². The molecular weight excluding hydrogens is 210 g/mol. The van der Waals surface area contributed by atoms with Gasteiger partial charge in [-0.1, -0.05) is 18.5 Å². The summed E-state index contributed by atoms with van der Waals surface area (Å²) in [6.07, 6.45) is 0. The van der Waals surface area contributed by atoms with Crippen molar-refractivity contribution in [3.05, 3.63) is 27.3 Å². The SMILES string of the molecule is Cc1c(C)c(Cl)c(C)c(C(C)CN)c1O. The molecule has 0 heterocycles. The molecular formula is C12H18ClNO. The fraction of sp³-hybridized carbons (Fsp3) is 0.500. The fourth-order valence-corrected chi connectivity index (χ4v) is 2.09. The van der Waals surface area contributed by atoms with Crippen molar-refractivity contribution in [1.29, 1.82) is 0 Å². The quantitative estimate of drug-likeness (QED) is 0.816. The molecule has 1 rings (SSSR count). The van der Waals surface area contributed by atoms with Gasteiger partial charge in [0.05, 0.1) is 0 Å². The molecule has 0 spiro atoms. The van der Waals surface area contributed by atoms with Crippen molar-refractivity contribution in [2.24, 2.45) is 5.73 Å². The number of hydrogen-bond acceptors (Lipinski definition) is 2. The van der Waals surface area contributed by atoms with Crippen LogP contribution >= 0.6 is 11.6 Å². The van der Waals surface area contributed by atoms with Crippen LogP contribution in [0.3, 0.4) is 0 Å². The second kappa shape index (κ2) is 4.42. The van der Waals surface area contributed by atoms with Crippen LogP contribution in [0.4, 0.5) is 0 Å². The Morgan fingerprint density at radius 1 is 1.20 bits per heavy atom. The van der Waals surface area contributed by atoms with E-state index in [2.05, 4.69) is 0 Å². The Hall–Kier alpha value is -0.730. The van der Waals surface area contributed by atoms with Crippen LogP contribution in [0.1, 0.15) is 35.1 Å². The highest BCUT2D eigenvalue weighted by molar-refractivity contribution is 6.32. The van der Waals surface area contributed by atoms with Crippen molar-refractivity contribution in [2.45, 2.75) is 33.6 Å². The normalized spacial score (nSPS) is 12.9. The summed E-state index contributed by atoms with van der Waals surface area (Å²) >= 11 is 6.21. The minimum Gasteiger partial charge on any atom is -0.507 e. The molecule has 1 atom stereocenters. The molecule has 0 fully saturated rings. The maximum absolute atomic E-state index is 10.1. The highest BCUT2D eigenvalue weighted by Crippen LogP contribution is 2.38. The molecule has 0 bridgehead atoms. The summed E-state index contributed by atoms with van der Waals surface area (Å²) in [5.41, 5.74) is 9.24. The maximum atomic E-state index is 10.1. The van der Waals surface area contributed by atoms with Gasteiger partial charge in [-0.15, -0.1) is 0 Å². The number of rotatable bonds is 2. The Labute approximate surface area is 96.1 Å². The topological polar surface area (TPSA) is 46.2 Å². The zero-order valence-electron chi connectivity index (χ0n) is 9.69. The first-order valence-corrected chi connectivity index (χ1v) is 5.47. The van der Waals surface area contributed by atoms with Gasteiger partial charge in [-0.25, -0.2) is 0 Å². The molecule has 1 aromatic rings. The third kappa shape index (κ3) is 1.97. The van der Waals surface area contributed by atoms with Gasteiger partial charge >= 0.3 is 0 Å². The molecule has 0 saturated carbocycles. The van der Waals surface area contributed by atoms with E-state index in [1.165, 1.54) is 0 Å². The number of phenolic OH excluding ortho intramolecular Hbond substituents is 1. The molecule has 0 aromatic heterocycles. The highest BCUT2D eigenvalue weighted by Gasteiger charge is 2.19. The molecule has 15 heavy (non-hydrogen) atoms. The van der Waals surface area contributed by atoms with Gasteiger partial charge in [-0.2, -0.15) is 0 Å². The van der Waals surface area contributed by atoms with Crippen molar-refractivity contribution < 1.29 is 5.11 Å². The van der Waals surface area contributed by atoms with Crippen LogP contribution in [-0.4, -0.2) is 11.7 Å². The van der Waals surface area contributed by atoms with Gasteiger partial charge in [0.15, 0.2) is 0 Å². The predicted molar refractivity (Wildman–Crippen MR) is 64.8 cm³/mol. The van der Waals surface area contributed by atoms with E-state index in [9.17, 15) is 5.11 Å². The lowest BCUT2D eigenvalue weighted by atomic mass is 9.91. The molecule has 1 aromatic carbocycles. The third-order valence-electron chi connectivity index (χ3n) is 3.08. The van der Waals surface area contributed by atoms with E-state index in [1.54, 1.807) is 0 Å². The Bertz CT molecular complexity index is 359. The fourth-order valence-electron chi connectivity index (χ4n) is 1.84. The zero-order valence-corrected chi connectivity index (χ0v) is 10.4. The first-order chi connectivity index (χ1) is 6.91. The number of phenols is 1. The van der Waals surface area contributed by atoms with Crippen molar-refractivity contribution >= 4 is 11.6 Å². The summed E-state index contributed by atoms with van der Waals surface area (Å²) in [6, 6.07) is 0. The predicted octanol–water partition coefficient (Wildman–Crippen LogP) is 3.03. The molecule has 0 radical (unpaired) electrons. The first kappa shape index (κ1) is 12.3. The summed E-state index contributed by atoms with van der Waals surface area (Å²) in [7, 11) is 0.